The van der Waals surface area contributed by atoms with E-state index in [1.54, 1.807) is 0 Å². The summed E-state index contributed by atoms with van der Waals surface area (Å²) in [6.45, 7) is 3.32. The molecule has 5 rings (SSSR count). The summed E-state index contributed by atoms with van der Waals surface area (Å²) < 4.78 is 0. The summed E-state index contributed by atoms with van der Waals surface area (Å²) in [4.78, 5) is 31.8. The second kappa shape index (κ2) is 7.39. The van der Waals surface area contributed by atoms with Crippen LogP contribution in [0.5, 0.6) is 0 Å². The number of carbonyl (C=O) groups excluding carboxylic acids is 1. The van der Waals surface area contributed by atoms with Crippen molar-refractivity contribution < 1.29 is 4.79 Å². The molecule has 0 spiro atoms. The lowest BCUT2D eigenvalue weighted by Crippen LogP contribution is -2.28. The van der Waals surface area contributed by atoms with Crippen LogP contribution in [0.4, 0.5) is 5.69 Å². The number of H-pyrrole nitrogens is 1. The molecule has 0 bridgehead atoms. The number of likely N-dealkylation sites (tertiary alicyclic amines) is 1. The molecule has 29 heavy (non-hydrogen) atoms. The van der Waals surface area contributed by atoms with Crippen LogP contribution in [0.2, 0.25) is 0 Å². The van der Waals surface area contributed by atoms with Gasteiger partial charge < -0.3 is 14.8 Å². The van der Waals surface area contributed by atoms with Crippen molar-refractivity contribution in [2.75, 3.05) is 24.5 Å². The van der Waals surface area contributed by atoms with Crippen molar-refractivity contribution >= 4 is 22.4 Å². The number of aromatic amines is 1. The van der Waals surface area contributed by atoms with E-state index in [2.05, 4.69) is 40.2 Å². The number of hydrogen-bond donors (Lipinski definition) is 1. The van der Waals surface area contributed by atoms with Gasteiger partial charge in [-0.1, -0.05) is 36.4 Å². The van der Waals surface area contributed by atoms with E-state index in [0.29, 0.717) is 24.8 Å². The SMILES string of the molecule is O=C1CCCN1CC[C@H]1CN(Cc2cc3ccccc3c(=O)[nH]2)c2ccccc21. The van der Waals surface area contributed by atoms with Crippen LogP contribution < -0.4 is 10.5 Å². The predicted octanol–water partition coefficient (Wildman–Crippen LogP) is 3.64. The molecule has 1 aromatic heterocycles. The number of fused-ring (bicyclic) bond motifs is 2. The predicted molar refractivity (Wildman–Crippen MR) is 115 cm³/mol. The van der Waals surface area contributed by atoms with Gasteiger partial charge in [0.2, 0.25) is 5.91 Å². The van der Waals surface area contributed by atoms with E-state index in [9.17, 15) is 9.59 Å². The first-order valence-electron chi connectivity index (χ1n) is 10.4. The van der Waals surface area contributed by atoms with Gasteiger partial charge in [0.05, 0.1) is 6.54 Å². The van der Waals surface area contributed by atoms with Gasteiger partial charge >= 0.3 is 0 Å². The number of carbonyl (C=O) groups is 1. The smallest absolute Gasteiger partial charge is 0.256 e. The average Bonchev–Trinajstić information content (AvgIpc) is 3.30. The number of amides is 1. The Kier molecular flexibility index (Phi) is 4.58. The number of nitrogens with zero attached hydrogens (tertiary/aromatic N) is 2. The topological polar surface area (TPSA) is 56.4 Å². The Balaban J connectivity index is 1.37. The molecular weight excluding hydrogens is 362 g/mol. The molecule has 3 heterocycles. The van der Waals surface area contributed by atoms with Crippen LogP contribution in [0, 0.1) is 0 Å². The quantitative estimate of drug-likeness (QED) is 0.727. The molecule has 2 aliphatic rings. The van der Waals surface area contributed by atoms with Gasteiger partial charge in [-0.2, -0.15) is 0 Å². The van der Waals surface area contributed by atoms with Crippen molar-refractivity contribution in [1.82, 2.24) is 9.88 Å². The molecule has 5 nitrogen and oxygen atoms in total. The maximum absolute atomic E-state index is 12.5. The zero-order valence-corrected chi connectivity index (χ0v) is 16.4. The van der Waals surface area contributed by atoms with Gasteiger partial charge in [0.25, 0.3) is 5.56 Å². The van der Waals surface area contributed by atoms with Crippen molar-refractivity contribution in [2.45, 2.75) is 31.7 Å². The van der Waals surface area contributed by atoms with Gasteiger partial charge in [0.15, 0.2) is 0 Å². The number of para-hydroxylation sites is 1. The fraction of sp³-hybridized carbons (Fsp3) is 0.333. The minimum atomic E-state index is -0.0327. The molecule has 3 aromatic rings. The van der Waals surface area contributed by atoms with E-state index >= 15 is 0 Å². The fourth-order valence-corrected chi connectivity index (χ4v) is 4.79. The number of rotatable bonds is 5. The maximum atomic E-state index is 12.5. The lowest BCUT2D eigenvalue weighted by atomic mass is 9.98. The molecule has 0 unspecified atom stereocenters. The molecular formula is C24H25N3O2. The highest BCUT2D eigenvalue weighted by Gasteiger charge is 2.30. The molecule has 2 aliphatic heterocycles. The van der Waals surface area contributed by atoms with E-state index in [1.807, 2.05) is 29.2 Å². The number of pyridine rings is 1. The molecule has 1 N–H and O–H groups in total. The van der Waals surface area contributed by atoms with E-state index < -0.39 is 0 Å². The van der Waals surface area contributed by atoms with E-state index in [-0.39, 0.29) is 5.56 Å². The highest BCUT2D eigenvalue weighted by molar-refractivity contribution is 5.81. The minimum absolute atomic E-state index is 0.0327. The monoisotopic (exact) mass is 387 g/mol. The lowest BCUT2D eigenvalue weighted by Gasteiger charge is -2.21. The third-order valence-electron chi connectivity index (χ3n) is 6.25. The van der Waals surface area contributed by atoms with Gasteiger partial charge in [0.1, 0.15) is 0 Å². The van der Waals surface area contributed by atoms with Gasteiger partial charge in [-0.3, -0.25) is 9.59 Å². The molecule has 1 amide bonds. The summed E-state index contributed by atoms with van der Waals surface area (Å²) in [7, 11) is 0. The highest BCUT2D eigenvalue weighted by atomic mass is 16.2. The van der Waals surface area contributed by atoms with Crippen molar-refractivity contribution in [2.24, 2.45) is 0 Å². The van der Waals surface area contributed by atoms with Crippen molar-refractivity contribution in [3.8, 4) is 0 Å². The van der Waals surface area contributed by atoms with Crippen LogP contribution >= 0.6 is 0 Å². The summed E-state index contributed by atoms with van der Waals surface area (Å²) in [6, 6.07) is 18.3. The second-order valence-corrected chi connectivity index (χ2v) is 8.12. The molecule has 0 saturated carbocycles. The number of aromatic nitrogens is 1. The first kappa shape index (κ1) is 18.0. The Hall–Kier alpha value is -3.08. The lowest BCUT2D eigenvalue weighted by molar-refractivity contribution is -0.127. The van der Waals surface area contributed by atoms with Crippen molar-refractivity contribution in [1.29, 1.82) is 0 Å². The normalized spacial score (nSPS) is 18.6. The zero-order chi connectivity index (χ0) is 19.8. The second-order valence-electron chi connectivity index (χ2n) is 8.12. The fourth-order valence-electron chi connectivity index (χ4n) is 4.79. The molecule has 5 heteroatoms. The van der Waals surface area contributed by atoms with Gasteiger partial charge in [-0.25, -0.2) is 0 Å². The summed E-state index contributed by atoms with van der Waals surface area (Å²) in [5.41, 5.74) is 3.48. The van der Waals surface area contributed by atoms with Crippen LogP contribution in [-0.4, -0.2) is 35.4 Å². The standard InChI is InChI=1S/C24H25N3O2/c28-23-10-5-12-26(23)13-11-18-15-27(22-9-4-3-7-20(18)22)16-19-14-17-6-1-2-8-21(17)24(29)25-19/h1-4,6-9,14,18H,5,10-13,15-16H2,(H,25,29)/t18-/m0/s1. The van der Waals surface area contributed by atoms with Crippen LogP contribution in [0.1, 0.15) is 36.4 Å². The maximum Gasteiger partial charge on any atom is 0.256 e. The average molecular weight is 387 g/mol. The summed E-state index contributed by atoms with van der Waals surface area (Å²) in [5.74, 6) is 0.702. The zero-order valence-electron chi connectivity index (χ0n) is 16.4. The first-order valence-corrected chi connectivity index (χ1v) is 10.4. The number of benzene rings is 2. The van der Waals surface area contributed by atoms with Gasteiger partial charge in [-0.05, 0) is 42.0 Å². The summed E-state index contributed by atoms with van der Waals surface area (Å²) >= 11 is 0. The van der Waals surface area contributed by atoms with Crippen LogP contribution in [0.15, 0.2) is 59.4 Å². The molecule has 1 fully saturated rings. The minimum Gasteiger partial charge on any atom is -0.365 e. The summed E-state index contributed by atoms with van der Waals surface area (Å²) in [5, 5.41) is 1.70. The Morgan fingerprint density at radius 2 is 1.83 bits per heavy atom. The van der Waals surface area contributed by atoms with E-state index in [4.69, 9.17) is 0 Å². The summed E-state index contributed by atoms with van der Waals surface area (Å²) in [6.07, 6.45) is 2.66. The Morgan fingerprint density at radius 3 is 2.69 bits per heavy atom. The third kappa shape index (κ3) is 3.41. The molecule has 1 saturated heterocycles. The van der Waals surface area contributed by atoms with Gasteiger partial charge in [-0.15, -0.1) is 0 Å². The number of hydrogen-bond acceptors (Lipinski definition) is 3. The number of anilines is 1. The van der Waals surface area contributed by atoms with Gasteiger partial charge in [0, 0.05) is 48.7 Å². The Morgan fingerprint density at radius 1 is 1.00 bits per heavy atom. The molecule has 1 atom stereocenters. The van der Waals surface area contributed by atoms with Crippen LogP contribution in [0.25, 0.3) is 10.8 Å². The Bertz CT molecular complexity index is 1120. The Labute approximate surface area is 170 Å². The van der Waals surface area contributed by atoms with Crippen LogP contribution in [-0.2, 0) is 11.3 Å². The molecule has 0 aliphatic carbocycles. The first-order chi connectivity index (χ1) is 14.2. The largest absolute Gasteiger partial charge is 0.365 e. The van der Waals surface area contributed by atoms with Crippen molar-refractivity contribution in [3.05, 3.63) is 76.2 Å². The van der Waals surface area contributed by atoms with E-state index in [0.717, 1.165) is 48.9 Å². The molecule has 148 valence electrons. The molecule has 2 aromatic carbocycles. The van der Waals surface area contributed by atoms with Crippen molar-refractivity contribution in [3.63, 3.8) is 0 Å². The third-order valence-corrected chi connectivity index (χ3v) is 6.25. The number of nitrogens with one attached hydrogen (secondary N) is 1. The molecule has 0 radical (unpaired) electrons. The highest BCUT2D eigenvalue weighted by Crippen LogP contribution is 2.39. The van der Waals surface area contributed by atoms with E-state index in [1.165, 1.54) is 11.3 Å². The van der Waals surface area contributed by atoms with Crippen LogP contribution in [0.3, 0.4) is 0 Å².